The van der Waals surface area contributed by atoms with Crippen molar-refractivity contribution in [2.45, 2.75) is 25.8 Å². The molecule has 0 radical (unpaired) electrons. The Morgan fingerprint density at radius 2 is 2.43 bits per heavy atom. The van der Waals surface area contributed by atoms with Gasteiger partial charge in [-0.25, -0.2) is 4.79 Å². The first-order valence-corrected chi connectivity index (χ1v) is 5.47. The number of hydrogen-bond donors (Lipinski definition) is 1. The van der Waals surface area contributed by atoms with Crippen molar-refractivity contribution in [1.29, 1.82) is 0 Å². The summed E-state index contributed by atoms with van der Waals surface area (Å²) in [4.78, 5) is 13.4. The van der Waals surface area contributed by atoms with Crippen LogP contribution in [0.25, 0.3) is 0 Å². The van der Waals surface area contributed by atoms with Gasteiger partial charge in [0.2, 0.25) is 0 Å². The van der Waals surface area contributed by atoms with E-state index < -0.39 is 0 Å². The van der Waals surface area contributed by atoms with E-state index in [1.54, 1.807) is 0 Å². The van der Waals surface area contributed by atoms with Crippen molar-refractivity contribution in [3.05, 3.63) is 0 Å². The third-order valence-electron chi connectivity index (χ3n) is 3.09. The number of ether oxygens (including phenoxy) is 1. The van der Waals surface area contributed by atoms with Crippen LogP contribution in [0.3, 0.4) is 0 Å². The second-order valence-corrected chi connectivity index (χ2v) is 4.11. The van der Waals surface area contributed by atoms with Crippen LogP contribution in [0.1, 0.15) is 19.8 Å². The molecule has 0 aliphatic carbocycles. The molecule has 2 fully saturated rings. The third kappa shape index (κ3) is 1.71. The van der Waals surface area contributed by atoms with Crippen LogP contribution < -0.4 is 5.32 Å². The monoisotopic (exact) mass is 198 g/mol. The zero-order valence-corrected chi connectivity index (χ0v) is 8.66. The molecule has 14 heavy (non-hydrogen) atoms. The number of fused-ring (bicyclic) bond motifs is 1. The molecule has 2 rings (SSSR count). The van der Waals surface area contributed by atoms with Gasteiger partial charge in [-0.3, -0.25) is 0 Å². The lowest BCUT2D eigenvalue weighted by atomic mass is 9.93. The molecule has 1 amide bonds. The highest BCUT2D eigenvalue weighted by molar-refractivity contribution is 5.69. The minimum absolute atomic E-state index is 0.122. The van der Waals surface area contributed by atoms with Crippen molar-refractivity contribution in [1.82, 2.24) is 10.2 Å². The lowest BCUT2D eigenvalue weighted by Crippen LogP contribution is -2.58. The van der Waals surface area contributed by atoms with Crippen LogP contribution in [0.15, 0.2) is 0 Å². The van der Waals surface area contributed by atoms with Crippen LogP contribution in [0.2, 0.25) is 0 Å². The lowest BCUT2D eigenvalue weighted by Gasteiger charge is -2.42. The van der Waals surface area contributed by atoms with Gasteiger partial charge in [-0.05, 0) is 6.42 Å². The molecule has 2 aliphatic heterocycles. The summed E-state index contributed by atoms with van der Waals surface area (Å²) in [5, 5.41) is 3.29. The minimum atomic E-state index is -0.122. The number of rotatable bonds is 3. The molecule has 0 saturated carbocycles. The van der Waals surface area contributed by atoms with Gasteiger partial charge >= 0.3 is 6.09 Å². The predicted molar refractivity (Wildman–Crippen MR) is 53.1 cm³/mol. The fraction of sp³-hybridized carbons (Fsp3) is 0.900. The van der Waals surface area contributed by atoms with Crippen LogP contribution >= 0.6 is 0 Å². The number of likely N-dealkylation sites (tertiary alicyclic amines) is 1. The molecule has 0 aromatic heterocycles. The molecule has 2 aliphatic rings. The van der Waals surface area contributed by atoms with Crippen molar-refractivity contribution in [2.75, 3.05) is 26.2 Å². The van der Waals surface area contributed by atoms with Gasteiger partial charge in [0.05, 0.1) is 12.6 Å². The van der Waals surface area contributed by atoms with Gasteiger partial charge in [-0.15, -0.1) is 0 Å². The zero-order valence-electron chi connectivity index (χ0n) is 8.66. The van der Waals surface area contributed by atoms with E-state index in [9.17, 15) is 4.79 Å². The second-order valence-electron chi connectivity index (χ2n) is 4.11. The average molecular weight is 198 g/mol. The Hall–Kier alpha value is -0.770. The highest BCUT2D eigenvalue weighted by Gasteiger charge is 2.45. The first-order valence-electron chi connectivity index (χ1n) is 5.47. The van der Waals surface area contributed by atoms with Gasteiger partial charge in [0, 0.05) is 25.6 Å². The lowest BCUT2D eigenvalue weighted by molar-refractivity contribution is 0.0279. The molecule has 0 unspecified atom stereocenters. The number of nitrogens with zero attached hydrogens (tertiary/aromatic N) is 1. The van der Waals surface area contributed by atoms with Gasteiger partial charge in [0.15, 0.2) is 0 Å². The molecule has 0 bridgehead atoms. The number of carbonyl (C=O) groups is 1. The molecule has 1 N–H and O–H groups in total. The largest absolute Gasteiger partial charge is 0.449 e. The zero-order chi connectivity index (χ0) is 9.97. The van der Waals surface area contributed by atoms with Gasteiger partial charge in [-0.1, -0.05) is 13.3 Å². The molecule has 80 valence electrons. The quantitative estimate of drug-likeness (QED) is 0.683. The predicted octanol–water partition coefficient (Wildman–Crippen LogP) is 0.827. The fourth-order valence-corrected chi connectivity index (χ4v) is 2.12. The van der Waals surface area contributed by atoms with E-state index in [-0.39, 0.29) is 6.09 Å². The summed E-state index contributed by atoms with van der Waals surface area (Å²) in [6.45, 7) is 5.53. The number of unbranched alkanes of at least 4 members (excludes halogenated alkanes) is 1. The summed E-state index contributed by atoms with van der Waals surface area (Å²) in [7, 11) is 0. The van der Waals surface area contributed by atoms with Crippen LogP contribution in [0.5, 0.6) is 0 Å². The van der Waals surface area contributed by atoms with E-state index in [0.717, 1.165) is 32.5 Å². The molecule has 4 heteroatoms. The van der Waals surface area contributed by atoms with E-state index in [2.05, 4.69) is 12.2 Å². The summed E-state index contributed by atoms with van der Waals surface area (Å²) in [6, 6.07) is 0.407. The minimum Gasteiger partial charge on any atom is -0.449 e. The van der Waals surface area contributed by atoms with Crippen molar-refractivity contribution in [2.24, 2.45) is 5.92 Å². The molecule has 2 saturated heterocycles. The Morgan fingerprint density at radius 1 is 1.57 bits per heavy atom. The fourth-order valence-electron chi connectivity index (χ4n) is 2.12. The second kappa shape index (κ2) is 4.17. The molecular weight excluding hydrogens is 180 g/mol. The SMILES string of the molecule is CCCCOC(=O)N1C[C@@H]2CNC[C@@H]21. The molecule has 0 spiro atoms. The maximum Gasteiger partial charge on any atom is 0.410 e. The maximum atomic E-state index is 11.5. The summed E-state index contributed by atoms with van der Waals surface area (Å²) in [6.07, 6.45) is 1.91. The number of nitrogens with one attached hydrogen (secondary N) is 1. The molecule has 2 atom stereocenters. The first kappa shape index (κ1) is 9.77. The van der Waals surface area contributed by atoms with Gasteiger partial charge in [0.25, 0.3) is 0 Å². The average Bonchev–Trinajstić information content (AvgIpc) is 2.48. The summed E-state index contributed by atoms with van der Waals surface area (Å²) in [5.74, 6) is 0.675. The van der Waals surface area contributed by atoms with E-state index >= 15 is 0 Å². The molecule has 0 aromatic carbocycles. The molecule has 0 aromatic rings. The van der Waals surface area contributed by atoms with Gasteiger partial charge in [-0.2, -0.15) is 0 Å². The molecular formula is C10H18N2O2. The number of carbonyl (C=O) groups excluding carboxylic acids is 1. The third-order valence-corrected chi connectivity index (χ3v) is 3.09. The highest BCUT2D eigenvalue weighted by atomic mass is 16.6. The Kier molecular flexibility index (Phi) is 2.91. The van der Waals surface area contributed by atoms with Crippen molar-refractivity contribution in [3.63, 3.8) is 0 Å². The summed E-state index contributed by atoms with van der Waals surface area (Å²) < 4.78 is 5.15. The first-order chi connectivity index (χ1) is 6.83. The number of amides is 1. The summed E-state index contributed by atoms with van der Waals surface area (Å²) in [5.41, 5.74) is 0. The van der Waals surface area contributed by atoms with Crippen LogP contribution in [-0.2, 0) is 4.74 Å². The molecule has 4 nitrogen and oxygen atoms in total. The Labute approximate surface area is 84.6 Å². The van der Waals surface area contributed by atoms with Gasteiger partial charge in [0.1, 0.15) is 0 Å². The Morgan fingerprint density at radius 3 is 3.14 bits per heavy atom. The van der Waals surface area contributed by atoms with Crippen LogP contribution in [0, 0.1) is 5.92 Å². The highest BCUT2D eigenvalue weighted by Crippen LogP contribution is 2.28. The van der Waals surface area contributed by atoms with E-state index in [4.69, 9.17) is 4.74 Å². The maximum absolute atomic E-state index is 11.5. The smallest absolute Gasteiger partial charge is 0.410 e. The van der Waals surface area contributed by atoms with E-state index in [0.29, 0.717) is 18.6 Å². The van der Waals surface area contributed by atoms with E-state index in [1.165, 1.54) is 0 Å². The van der Waals surface area contributed by atoms with Crippen LogP contribution in [0.4, 0.5) is 4.79 Å². The van der Waals surface area contributed by atoms with Gasteiger partial charge < -0.3 is 15.0 Å². The van der Waals surface area contributed by atoms with Crippen molar-refractivity contribution in [3.8, 4) is 0 Å². The van der Waals surface area contributed by atoms with Crippen LogP contribution in [-0.4, -0.2) is 43.3 Å². The Balaban J connectivity index is 1.71. The van der Waals surface area contributed by atoms with Crippen molar-refractivity contribution >= 4 is 6.09 Å². The summed E-state index contributed by atoms with van der Waals surface area (Å²) >= 11 is 0. The topological polar surface area (TPSA) is 41.6 Å². The molecule has 2 heterocycles. The van der Waals surface area contributed by atoms with E-state index in [1.807, 2.05) is 4.90 Å². The van der Waals surface area contributed by atoms with Crippen molar-refractivity contribution < 1.29 is 9.53 Å². The Bertz CT molecular complexity index is 220. The number of hydrogen-bond acceptors (Lipinski definition) is 3. The normalized spacial score (nSPS) is 29.6. The standard InChI is InChI=1S/C10H18N2O2/c1-2-3-4-14-10(13)12-7-8-5-11-6-9(8)12/h8-9,11H,2-7H2,1H3/t8-,9-/m0/s1.